The molecule has 1 aliphatic rings. The number of hydrogen-bond acceptors (Lipinski definition) is 9. The quantitative estimate of drug-likeness (QED) is 0.171. The fraction of sp³-hybridized carbons (Fsp3) is 0.400. The topological polar surface area (TPSA) is 136 Å². The molecule has 12 heteroatoms. The Labute approximate surface area is 247 Å². The molecule has 226 valence electrons. The highest BCUT2D eigenvalue weighted by molar-refractivity contribution is 7.48. The molecule has 0 radical (unpaired) electrons. The van der Waals surface area contributed by atoms with Gasteiger partial charge in [-0.1, -0.05) is 38.1 Å². The molecule has 0 bridgehead atoms. The Morgan fingerprint density at radius 1 is 1.02 bits per heavy atom. The molecule has 3 rings (SSSR count). The van der Waals surface area contributed by atoms with Gasteiger partial charge in [0.2, 0.25) is 5.91 Å². The first-order valence-electron chi connectivity index (χ1n) is 13.8. The number of amides is 2. The van der Waals surface area contributed by atoms with Gasteiger partial charge < -0.3 is 10.6 Å². The normalized spacial score (nSPS) is 13.0. The molecule has 42 heavy (non-hydrogen) atoms. The van der Waals surface area contributed by atoms with Gasteiger partial charge in [0.05, 0.1) is 18.8 Å². The summed E-state index contributed by atoms with van der Waals surface area (Å²) in [6.45, 7) is 10.7. The minimum atomic E-state index is -3.67. The molecule has 2 N–H and O–H groups in total. The van der Waals surface area contributed by atoms with Crippen LogP contribution in [-0.2, 0) is 22.9 Å². The molecule has 0 aliphatic carbocycles. The number of carbonyl (C=O) groups excluding carboxylic acids is 2. The summed E-state index contributed by atoms with van der Waals surface area (Å²) in [5, 5.41) is 4.92. The van der Waals surface area contributed by atoms with E-state index < -0.39 is 7.82 Å². The van der Waals surface area contributed by atoms with Gasteiger partial charge in [0, 0.05) is 57.1 Å². The van der Waals surface area contributed by atoms with Crippen LogP contribution in [0.5, 0.6) is 0 Å². The van der Waals surface area contributed by atoms with E-state index >= 15 is 0 Å². The van der Waals surface area contributed by atoms with Crippen LogP contribution in [0.25, 0.3) is 17.2 Å². The van der Waals surface area contributed by atoms with Crippen LogP contribution in [0, 0.1) is 6.92 Å². The van der Waals surface area contributed by atoms with Crippen LogP contribution in [0.15, 0.2) is 52.1 Å². The van der Waals surface area contributed by atoms with E-state index in [-0.39, 0.29) is 31.4 Å². The van der Waals surface area contributed by atoms with Gasteiger partial charge in [-0.25, -0.2) is 14.6 Å². The van der Waals surface area contributed by atoms with Crippen molar-refractivity contribution >= 4 is 44.0 Å². The van der Waals surface area contributed by atoms with Crippen LogP contribution >= 0.6 is 7.82 Å². The number of phosphoric ester groups is 1. The maximum absolute atomic E-state index is 13.3. The monoisotopic (exact) mass is 597 g/mol. The number of nitrogens with zero attached hydrogens (tertiary/aromatic N) is 4. The first-order chi connectivity index (χ1) is 20.1. The Morgan fingerprint density at radius 2 is 1.67 bits per heavy atom. The van der Waals surface area contributed by atoms with Gasteiger partial charge in [0.25, 0.3) is 5.91 Å². The molecule has 11 nitrogen and oxygen atoms in total. The molecule has 0 saturated carbocycles. The van der Waals surface area contributed by atoms with E-state index in [0.29, 0.717) is 35.7 Å². The fourth-order valence-corrected chi connectivity index (χ4v) is 5.31. The lowest BCUT2D eigenvalue weighted by Crippen LogP contribution is -2.34. The second-order valence-electron chi connectivity index (χ2n) is 9.76. The third kappa shape index (κ3) is 8.01. The number of rotatable bonds is 14. The van der Waals surface area contributed by atoms with Crippen molar-refractivity contribution in [3.8, 4) is 11.1 Å². The predicted molar refractivity (Wildman–Crippen MR) is 166 cm³/mol. The van der Waals surface area contributed by atoms with Crippen LogP contribution in [0.3, 0.4) is 0 Å². The van der Waals surface area contributed by atoms with E-state index in [1.807, 2.05) is 48.2 Å². The number of benzene rings is 2. The highest BCUT2D eigenvalue weighted by Gasteiger charge is 2.25. The highest BCUT2D eigenvalue weighted by atomic mass is 31.2. The van der Waals surface area contributed by atoms with Crippen molar-refractivity contribution in [1.82, 2.24) is 9.91 Å². The Bertz CT molecular complexity index is 1410. The number of hydrogen-bond donors (Lipinski definition) is 1. The van der Waals surface area contributed by atoms with Gasteiger partial charge in [-0.15, -0.1) is 0 Å². The molecule has 0 aromatic heterocycles. The van der Waals surface area contributed by atoms with Crippen molar-refractivity contribution in [2.24, 2.45) is 15.8 Å². The summed E-state index contributed by atoms with van der Waals surface area (Å²) < 4.78 is 26.7. The number of hydrazone groups is 1. The maximum atomic E-state index is 13.3. The first-order valence-corrected chi connectivity index (χ1v) is 15.3. The lowest BCUT2D eigenvalue weighted by Gasteiger charge is -2.22. The van der Waals surface area contributed by atoms with Crippen LogP contribution < -0.4 is 5.73 Å². The van der Waals surface area contributed by atoms with Gasteiger partial charge in [-0.3, -0.25) is 23.2 Å². The zero-order valence-corrected chi connectivity index (χ0v) is 25.9. The Hall–Kier alpha value is -3.63. The van der Waals surface area contributed by atoms with E-state index in [1.54, 1.807) is 6.07 Å². The molecule has 0 saturated heterocycles. The summed E-state index contributed by atoms with van der Waals surface area (Å²) in [4.78, 5) is 32.9. The second kappa shape index (κ2) is 15.0. The number of phosphoric acid groups is 1. The van der Waals surface area contributed by atoms with Gasteiger partial charge in [0.1, 0.15) is 5.84 Å². The minimum Gasteiger partial charge on any atom is -0.387 e. The molecular formula is C30H40N5O6P. The highest BCUT2D eigenvalue weighted by Crippen LogP contribution is 2.47. The molecular weight excluding hydrogens is 557 g/mol. The molecule has 0 unspecified atom stereocenters. The van der Waals surface area contributed by atoms with Gasteiger partial charge >= 0.3 is 7.82 Å². The van der Waals surface area contributed by atoms with Gasteiger partial charge in [-0.05, 0) is 54.7 Å². The predicted octanol–water partition coefficient (Wildman–Crippen LogP) is 5.56. The molecule has 0 spiro atoms. The number of nitrogens with two attached hydrogens (primary N) is 1. The van der Waals surface area contributed by atoms with Crippen LogP contribution in [-0.4, -0.2) is 74.7 Å². The van der Waals surface area contributed by atoms with Crippen LogP contribution in [0.2, 0.25) is 0 Å². The number of fused-ring (bicyclic) bond motifs is 1. The summed E-state index contributed by atoms with van der Waals surface area (Å²) in [5.41, 5.74) is 11.3. The Kier molecular flexibility index (Phi) is 11.8. The number of aryl methyl sites for hydroxylation is 1. The average Bonchev–Trinajstić information content (AvgIpc) is 3.15. The lowest BCUT2D eigenvalue weighted by atomic mass is 9.97. The molecule has 2 aromatic rings. The second-order valence-corrected chi connectivity index (χ2v) is 11.6. The molecule has 2 aromatic carbocycles. The van der Waals surface area contributed by atoms with Crippen molar-refractivity contribution in [2.45, 2.75) is 40.0 Å². The summed E-state index contributed by atoms with van der Waals surface area (Å²) in [7, 11) is -1.26. The van der Waals surface area contributed by atoms with Crippen molar-refractivity contribution in [3.63, 3.8) is 0 Å². The molecule has 2 amide bonds. The van der Waals surface area contributed by atoms with Crippen LogP contribution in [0.4, 0.5) is 5.69 Å². The number of amidine groups is 1. The van der Waals surface area contributed by atoms with Gasteiger partial charge in [-0.2, -0.15) is 5.10 Å². The Balaban J connectivity index is 1.83. The summed E-state index contributed by atoms with van der Waals surface area (Å²) in [6, 6.07) is 11.3. The maximum Gasteiger partial charge on any atom is 0.474 e. The summed E-state index contributed by atoms with van der Waals surface area (Å²) >= 11 is 0. The van der Waals surface area contributed by atoms with E-state index in [4.69, 9.17) is 19.3 Å². The number of carbonyl (C=O) groups is 2. The van der Waals surface area contributed by atoms with Crippen molar-refractivity contribution in [2.75, 3.05) is 40.5 Å². The summed E-state index contributed by atoms with van der Waals surface area (Å²) in [5.74, 6) is -0.0151. The average molecular weight is 598 g/mol. The van der Waals surface area contributed by atoms with E-state index in [2.05, 4.69) is 30.7 Å². The van der Waals surface area contributed by atoms with E-state index in [1.165, 1.54) is 14.2 Å². The molecule has 0 fully saturated rings. The molecule has 1 heterocycles. The molecule has 0 atom stereocenters. The largest absolute Gasteiger partial charge is 0.474 e. The number of aliphatic imine (C=N–C) groups is 1. The fourth-order valence-electron chi connectivity index (χ4n) is 4.64. The van der Waals surface area contributed by atoms with E-state index in [0.717, 1.165) is 40.1 Å². The summed E-state index contributed by atoms with van der Waals surface area (Å²) in [6.07, 6.45) is 3.94. The van der Waals surface area contributed by atoms with Crippen molar-refractivity contribution < 1.29 is 27.7 Å². The molecule has 1 aliphatic heterocycles. The van der Waals surface area contributed by atoms with E-state index in [9.17, 15) is 14.2 Å². The minimum absolute atomic E-state index is 0.00284. The van der Waals surface area contributed by atoms with Crippen molar-refractivity contribution in [1.29, 1.82) is 0 Å². The first kappa shape index (κ1) is 32.9. The standard InChI is InChI=1S/C30H40N5O6P/c1-7-13-34(14-8-2)29(36)25-18-24-10-9-23(19-27(24)33-28(31)20-25)22-11-12-26(21(3)17-22)30(37)35(32-4)15-16-41-42(38,39-5)40-6/h9-12,17-19H,4,7-8,13-16,20H2,1-3,5-6H3,(H2,31,33). The van der Waals surface area contributed by atoms with Crippen molar-refractivity contribution in [3.05, 3.63) is 58.7 Å². The third-order valence-electron chi connectivity index (χ3n) is 6.74. The lowest BCUT2D eigenvalue weighted by molar-refractivity contribution is -0.127. The third-order valence-corrected chi connectivity index (χ3v) is 8.13. The Morgan fingerprint density at radius 3 is 2.26 bits per heavy atom. The zero-order chi connectivity index (χ0) is 30.9. The zero-order valence-electron chi connectivity index (χ0n) is 25.0. The van der Waals surface area contributed by atoms with Crippen LogP contribution in [0.1, 0.15) is 54.6 Å². The van der Waals surface area contributed by atoms with Gasteiger partial charge in [0.15, 0.2) is 0 Å². The smallest absolute Gasteiger partial charge is 0.387 e. The SMILES string of the molecule is C=NN(CCOP(=O)(OC)OC)C(=O)c1ccc(-c2ccc3c(c2)N=C(N)CC(C(=O)N(CCC)CCC)=C3)cc1C.